The molecular weight excluding hydrogens is 380 g/mol. The number of rotatable bonds is 5. The van der Waals surface area contributed by atoms with Crippen molar-refractivity contribution in [3.63, 3.8) is 0 Å². The van der Waals surface area contributed by atoms with Crippen LogP contribution in [0.3, 0.4) is 0 Å². The third-order valence-corrected chi connectivity index (χ3v) is 5.37. The second-order valence-electron chi connectivity index (χ2n) is 5.53. The Morgan fingerprint density at radius 1 is 1.35 bits per heavy atom. The lowest BCUT2D eigenvalue weighted by Crippen LogP contribution is -2.39. The van der Waals surface area contributed by atoms with Crippen LogP contribution < -0.4 is 14.2 Å². The van der Waals surface area contributed by atoms with E-state index in [0.29, 0.717) is 16.5 Å². The topological polar surface area (TPSA) is 79.8 Å². The molecule has 1 atom stereocenters. The average molecular weight is 397 g/mol. The third kappa shape index (κ3) is 3.66. The van der Waals surface area contributed by atoms with Crippen LogP contribution in [0.4, 0.5) is 0 Å². The summed E-state index contributed by atoms with van der Waals surface area (Å²) in [6, 6.07) is 5.39. The summed E-state index contributed by atoms with van der Waals surface area (Å²) in [5.41, 5.74) is 0.557. The SMILES string of the molecule is COc1ncc(C2(COC(C)=O)COc3cc(Cl)ccc3S2)nc1OC. The Hall–Kier alpha value is -2.19. The lowest BCUT2D eigenvalue weighted by Gasteiger charge is -2.36. The molecular formula is C17H17ClN2O5S. The minimum absolute atomic E-state index is 0.0687. The van der Waals surface area contributed by atoms with Gasteiger partial charge in [0.25, 0.3) is 11.8 Å². The van der Waals surface area contributed by atoms with Gasteiger partial charge in [-0.3, -0.25) is 4.79 Å². The number of aromatic nitrogens is 2. The number of carbonyl (C=O) groups is 1. The number of halogens is 1. The monoisotopic (exact) mass is 396 g/mol. The zero-order valence-electron chi connectivity index (χ0n) is 14.4. The molecule has 0 amide bonds. The average Bonchev–Trinajstić information content (AvgIpc) is 2.65. The summed E-state index contributed by atoms with van der Waals surface area (Å²) in [7, 11) is 2.97. The molecule has 0 N–H and O–H groups in total. The zero-order chi connectivity index (χ0) is 18.7. The summed E-state index contributed by atoms with van der Waals surface area (Å²) in [5.74, 6) is 0.803. The Morgan fingerprint density at radius 2 is 2.12 bits per heavy atom. The van der Waals surface area contributed by atoms with Gasteiger partial charge < -0.3 is 18.9 Å². The first-order valence-corrected chi connectivity index (χ1v) is 8.87. The number of thioether (sulfide) groups is 1. The molecule has 138 valence electrons. The van der Waals surface area contributed by atoms with Gasteiger partial charge in [-0.2, -0.15) is 0 Å². The molecule has 1 aliphatic rings. The largest absolute Gasteiger partial charge is 0.490 e. The summed E-state index contributed by atoms with van der Waals surface area (Å²) in [4.78, 5) is 21.0. The van der Waals surface area contributed by atoms with Gasteiger partial charge in [-0.15, -0.1) is 11.8 Å². The summed E-state index contributed by atoms with van der Waals surface area (Å²) < 4.78 is 20.8. The highest BCUT2D eigenvalue weighted by Gasteiger charge is 2.42. The molecule has 1 unspecified atom stereocenters. The van der Waals surface area contributed by atoms with E-state index in [1.807, 2.05) is 6.07 Å². The van der Waals surface area contributed by atoms with Gasteiger partial charge in [0.05, 0.1) is 31.0 Å². The van der Waals surface area contributed by atoms with Crippen LogP contribution in [-0.4, -0.2) is 43.4 Å². The van der Waals surface area contributed by atoms with Gasteiger partial charge in [-0.25, -0.2) is 9.97 Å². The fourth-order valence-corrected chi connectivity index (χ4v) is 3.83. The molecule has 0 saturated carbocycles. The van der Waals surface area contributed by atoms with Gasteiger partial charge in [0.2, 0.25) is 0 Å². The van der Waals surface area contributed by atoms with E-state index in [0.717, 1.165) is 4.90 Å². The van der Waals surface area contributed by atoms with E-state index in [2.05, 4.69) is 9.97 Å². The fraction of sp³-hybridized carbons (Fsp3) is 0.353. The highest BCUT2D eigenvalue weighted by molar-refractivity contribution is 8.00. The fourth-order valence-electron chi connectivity index (χ4n) is 2.46. The lowest BCUT2D eigenvalue weighted by molar-refractivity contribution is -0.142. The highest BCUT2D eigenvalue weighted by Crippen LogP contribution is 2.49. The number of benzene rings is 1. The number of fused-ring (bicyclic) bond motifs is 1. The Labute approximate surface area is 160 Å². The minimum Gasteiger partial charge on any atom is -0.490 e. The normalized spacial score (nSPS) is 18.5. The second-order valence-corrected chi connectivity index (χ2v) is 7.39. The first-order valence-electron chi connectivity index (χ1n) is 7.67. The number of esters is 1. The van der Waals surface area contributed by atoms with Crippen molar-refractivity contribution >= 4 is 29.3 Å². The zero-order valence-corrected chi connectivity index (χ0v) is 16.0. The summed E-state index contributed by atoms with van der Waals surface area (Å²) in [6.07, 6.45) is 1.57. The summed E-state index contributed by atoms with van der Waals surface area (Å²) in [5, 5.41) is 0.586. The van der Waals surface area contributed by atoms with Crippen LogP contribution in [0.25, 0.3) is 0 Å². The van der Waals surface area contributed by atoms with Crippen LogP contribution in [-0.2, 0) is 14.3 Å². The van der Waals surface area contributed by atoms with Crippen LogP contribution in [0.1, 0.15) is 12.6 Å². The Balaban J connectivity index is 2.03. The van der Waals surface area contributed by atoms with E-state index in [9.17, 15) is 4.79 Å². The molecule has 0 bridgehead atoms. The first-order chi connectivity index (χ1) is 12.5. The van der Waals surface area contributed by atoms with E-state index < -0.39 is 4.75 Å². The smallest absolute Gasteiger partial charge is 0.302 e. The van der Waals surface area contributed by atoms with E-state index >= 15 is 0 Å². The molecule has 1 aromatic heterocycles. The summed E-state index contributed by atoms with van der Waals surface area (Å²) >= 11 is 7.51. The van der Waals surface area contributed by atoms with Crippen molar-refractivity contribution in [2.45, 2.75) is 16.6 Å². The number of hydrogen-bond acceptors (Lipinski definition) is 8. The second kappa shape index (κ2) is 7.59. The molecule has 2 heterocycles. The van der Waals surface area contributed by atoms with E-state index in [4.69, 9.17) is 30.5 Å². The predicted octanol–water partition coefficient (Wildman–Crippen LogP) is 3.09. The number of nitrogens with zero attached hydrogens (tertiary/aromatic N) is 2. The van der Waals surface area contributed by atoms with Crippen molar-refractivity contribution in [3.8, 4) is 17.5 Å². The van der Waals surface area contributed by atoms with E-state index in [-0.39, 0.29) is 30.9 Å². The van der Waals surface area contributed by atoms with Gasteiger partial charge in [-0.1, -0.05) is 11.6 Å². The molecule has 3 rings (SSSR count). The quantitative estimate of drug-likeness (QED) is 0.713. The number of carbonyl (C=O) groups excluding carboxylic acids is 1. The predicted molar refractivity (Wildman–Crippen MR) is 96.3 cm³/mol. The maximum Gasteiger partial charge on any atom is 0.302 e. The van der Waals surface area contributed by atoms with Gasteiger partial charge in [-0.05, 0) is 18.2 Å². The van der Waals surface area contributed by atoms with Crippen molar-refractivity contribution in [2.24, 2.45) is 0 Å². The standard InChI is InChI=1S/C17H17ClN2O5S/c1-10(21)24-8-17(14-7-19-15(22-2)16(20-14)23-3)9-25-12-6-11(18)4-5-13(12)26-17/h4-7H,8-9H2,1-3H3. The van der Waals surface area contributed by atoms with Crippen molar-refractivity contribution in [1.29, 1.82) is 0 Å². The van der Waals surface area contributed by atoms with Crippen molar-refractivity contribution < 1.29 is 23.7 Å². The van der Waals surface area contributed by atoms with E-state index in [1.165, 1.54) is 32.9 Å². The van der Waals surface area contributed by atoms with Crippen LogP contribution >= 0.6 is 23.4 Å². The number of ether oxygens (including phenoxy) is 4. The van der Waals surface area contributed by atoms with E-state index in [1.54, 1.807) is 18.3 Å². The van der Waals surface area contributed by atoms with Gasteiger partial charge in [0, 0.05) is 11.9 Å². The summed E-state index contributed by atoms with van der Waals surface area (Å²) in [6.45, 7) is 1.65. The lowest BCUT2D eigenvalue weighted by atomic mass is 10.1. The molecule has 26 heavy (non-hydrogen) atoms. The van der Waals surface area contributed by atoms with Gasteiger partial charge in [0.15, 0.2) is 0 Å². The van der Waals surface area contributed by atoms with Crippen LogP contribution in [0.5, 0.6) is 17.5 Å². The molecule has 0 aliphatic carbocycles. The molecule has 0 radical (unpaired) electrons. The molecule has 1 aromatic carbocycles. The maximum atomic E-state index is 11.4. The van der Waals surface area contributed by atoms with Crippen molar-refractivity contribution in [1.82, 2.24) is 9.97 Å². The van der Waals surface area contributed by atoms with Crippen molar-refractivity contribution in [3.05, 3.63) is 35.1 Å². The van der Waals surface area contributed by atoms with Crippen LogP contribution in [0.2, 0.25) is 5.02 Å². The maximum absolute atomic E-state index is 11.4. The Kier molecular flexibility index (Phi) is 5.43. The number of methoxy groups -OCH3 is 2. The van der Waals surface area contributed by atoms with Crippen molar-refractivity contribution in [2.75, 3.05) is 27.4 Å². The Bertz CT molecular complexity index is 835. The molecule has 0 fully saturated rings. The van der Waals surface area contributed by atoms with Crippen LogP contribution in [0.15, 0.2) is 29.3 Å². The Morgan fingerprint density at radius 3 is 2.81 bits per heavy atom. The van der Waals surface area contributed by atoms with Gasteiger partial charge in [0.1, 0.15) is 23.7 Å². The first kappa shape index (κ1) is 18.6. The van der Waals surface area contributed by atoms with Gasteiger partial charge >= 0.3 is 5.97 Å². The molecule has 0 spiro atoms. The van der Waals surface area contributed by atoms with Crippen LogP contribution in [0, 0.1) is 0 Å². The molecule has 0 saturated heterocycles. The molecule has 2 aromatic rings. The molecule has 1 aliphatic heterocycles. The third-order valence-electron chi connectivity index (χ3n) is 3.74. The number of hydrogen-bond donors (Lipinski definition) is 0. The molecule has 7 nitrogen and oxygen atoms in total. The minimum atomic E-state index is -0.779. The molecule has 9 heteroatoms. The highest BCUT2D eigenvalue weighted by atomic mass is 35.5.